The Kier molecular flexibility index (Phi) is 5.23. The van der Waals surface area contributed by atoms with Crippen molar-refractivity contribution in [1.82, 2.24) is 5.32 Å². The minimum absolute atomic E-state index is 0.0169. The zero-order valence-electron chi connectivity index (χ0n) is 13.1. The number of hydrogen-bond acceptors (Lipinski definition) is 3. The molecule has 1 aromatic rings. The monoisotopic (exact) mass is 291 g/mol. The van der Waals surface area contributed by atoms with Gasteiger partial charge in [0.2, 0.25) is 5.91 Å². The SMILES string of the molecule is CCCC(=O)NC1CCOc2c(C(C)O)cc(CC)cc21. The van der Waals surface area contributed by atoms with Gasteiger partial charge in [0.05, 0.1) is 18.8 Å². The minimum Gasteiger partial charge on any atom is -0.493 e. The third kappa shape index (κ3) is 3.56. The Morgan fingerprint density at radius 3 is 2.86 bits per heavy atom. The van der Waals surface area contributed by atoms with Crippen LogP contribution < -0.4 is 10.1 Å². The Bertz CT molecular complexity index is 511. The highest BCUT2D eigenvalue weighted by Gasteiger charge is 2.26. The fourth-order valence-corrected chi connectivity index (χ4v) is 2.76. The van der Waals surface area contributed by atoms with Crippen LogP contribution in [-0.2, 0) is 11.2 Å². The molecule has 0 spiro atoms. The van der Waals surface area contributed by atoms with Crippen LogP contribution in [0.25, 0.3) is 0 Å². The molecule has 0 aromatic heterocycles. The number of aliphatic hydroxyl groups is 1. The molecule has 0 bridgehead atoms. The lowest BCUT2D eigenvalue weighted by molar-refractivity contribution is -0.122. The number of benzene rings is 1. The lowest BCUT2D eigenvalue weighted by Crippen LogP contribution is -2.32. The number of aryl methyl sites for hydroxylation is 1. The molecule has 0 fully saturated rings. The summed E-state index contributed by atoms with van der Waals surface area (Å²) in [7, 11) is 0. The molecule has 2 N–H and O–H groups in total. The van der Waals surface area contributed by atoms with Crippen LogP contribution in [0.4, 0.5) is 0 Å². The van der Waals surface area contributed by atoms with Gasteiger partial charge in [-0.3, -0.25) is 4.79 Å². The molecule has 21 heavy (non-hydrogen) atoms. The summed E-state index contributed by atoms with van der Waals surface area (Å²) >= 11 is 0. The maximum absolute atomic E-state index is 11.9. The lowest BCUT2D eigenvalue weighted by Gasteiger charge is -2.30. The van der Waals surface area contributed by atoms with E-state index in [4.69, 9.17) is 4.74 Å². The van der Waals surface area contributed by atoms with Gasteiger partial charge in [-0.15, -0.1) is 0 Å². The molecule has 2 atom stereocenters. The fourth-order valence-electron chi connectivity index (χ4n) is 2.76. The van der Waals surface area contributed by atoms with Gasteiger partial charge in [-0.1, -0.05) is 19.9 Å². The van der Waals surface area contributed by atoms with Crippen LogP contribution in [0.5, 0.6) is 5.75 Å². The number of carbonyl (C=O) groups excluding carboxylic acids is 1. The third-order valence-corrected chi connectivity index (χ3v) is 3.91. The Morgan fingerprint density at radius 2 is 2.24 bits per heavy atom. The number of nitrogens with one attached hydrogen (secondary N) is 1. The van der Waals surface area contributed by atoms with Crippen molar-refractivity contribution in [3.63, 3.8) is 0 Å². The highest BCUT2D eigenvalue weighted by Crippen LogP contribution is 2.39. The van der Waals surface area contributed by atoms with E-state index in [0.717, 1.165) is 41.7 Å². The van der Waals surface area contributed by atoms with Gasteiger partial charge < -0.3 is 15.2 Å². The molecule has 116 valence electrons. The molecule has 2 rings (SSSR count). The largest absolute Gasteiger partial charge is 0.493 e. The quantitative estimate of drug-likeness (QED) is 0.876. The van der Waals surface area contributed by atoms with Gasteiger partial charge in [-0.2, -0.15) is 0 Å². The molecule has 0 saturated carbocycles. The Labute approximate surface area is 126 Å². The fraction of sp³-hybridized carbons (Fsp3) is 0.588. The van der Waals surface area contributed by atoms with Crippen molar-refractivity contribution >= 4 is 5.91 Å². The Morgan fingerprint density at radius 1 is 1.48 bits per heavy atom. The van der Waals surface area contributed by atoms with E-state index < -0.39 is 6.10 Å². The van der Waals surface area contributed by atoms with Crippen molar-refractivity contribution in [2.24, 2.45) is 0 Å². The number of ether oxygens (including phenoxy) is 1. The number of rotatable bonds is 5. The van der Waals surface area contributed by atoms with Gasteiger partial charge in [-0.25, -0.2) is 0 Å². The molecule has 0 radical (unpaired) electrons. The van der Waals surface area contributed by atoms with E-state index in [1.807, 2.05) is 13.0 Å². The summed E-state index contributed by atoms with van der Waals surface area (Å²) in [6, 6.07) is 4.08. The van der Waals surface area contributed by atoms with Crippen molar-refractivity contribution in [3.8, 4) is 5.75 Å². The van der Waals surface area contributed by atoms with Crippen LogP contribution in [0.3, 0.4) is 0 Å². The first kappa shape index (κ1) is 15.8. The van der Waals surface area contributed by atoms with Crippen molar-refractivity contribution in [2.45, 2.75) is 58.6 Å². The Balaban J connectivity index is 2.36. The summed E-state index contributed by atoms with van der Waals surface area (Å²) in [5, 5.41) is 13.1. The van der Waals surface area contributed by atoms with E-state index in [9.17, 15) is 9.90 Å². The predicted octanol–water partition coefficient (Wildman–Crippen LogP) is 3.04. The number of amides is 1. The second-order valence-corrected chi connectivity index (χ2v) is 5.64. The first-order valence-corrected chi connectivity index (χ1v) is 7.83. The first-order valence-electron chi connectivity index (χ1n) is 7.83. The third-order valence-electron chi connectivity index (χ3n) is 3.91. The predicted molar refractivity (Wildman–Crippen MR) is 82.4 cm³/mol. The molecule has 1 aromatic carbocycles. The molecule has 0 aliphatic carbocycles. The second-order valence-electron chi connectivity index (χ2n) is 5.64. The van der Waals surface area contributed by atoms with Gasteiger partial charge in [0, 0.05) is 24.0 Å². The van der Waals surface area contributed by atoms with Crippen molar-refractivity contribution in [2.75, 3.05) is 6.61 Å². The highest BCUT2D eigenvalue weighted by atomic mass is 16.5. The maximum Gasteiger partial charge on any atom is 0.220 e. The van der Waals surface area contributed by atoms with Crippen LogP contribution in [0, 0.1) is 0 Å². The van der Waals surface area contributed by atoms with Gasteiger partial charge in [0.1, 0.15) is 5.75 Å². The van der Waals surface area contributed by atoms with Crippen LogP contribution in [0.1, 0.15) is 68.9 Å². The van der Waals surface area contributed by atoms with Crippen LogP contribution in [0.15, 0.2) is 12.1 Å². The van der Waals surface area contributed by atoms with E-state index in [1.54, 1.807) is 6.92 Å². The van der Waals surface area contributed by atoms with Gasteiger partial charge >= 0.3 is 0 Å². The summed E-state index contributed by atoms with van der Waals surface area (Å²) in [5.74, 6) is 0.825. The molecule has 2 unspecified atom stereocenters. The minimum atomic E-state index is -0.574. The zero-order chi connectivity index (χ0) is 15.4. The number of hydrogen-bond donors (Lipinski definition) is 2. The molecular weight excluding hydrogens is 266 g/mol. The zero-order valence-corrected chi connectivity index (χ0v) is 13.1. The van der Waals surface area contributed by atoms with E-state index >= 15 is 0 Å². The van der Waals surface area contributed by atoms with E-state index in [-0.39, 0.29) is 11.9 Å². The second kappa shape index (κ2) is 6.94. The molecule has 1 aliphatic rings. The molecule has 1 amide bonds. The maximum atomic E-state index is 11.9. The molecular formula is C17H25NO3. The standard InChI is InChI=1S/C17H25NO3/c1-4-6-16(20)18-15-7-8-21-17-13(11(3)19)9-12(5-2)10-14(15)17/h9-11,15,19H,4-8H2,1-3H3,(H,18,20). The van der Waals surface area contributed by atoms with Gasteiger partial charge in [-0.05, 0) is 31.4 Å². The summed E-state index contributed by atoms with van der Waals surface area (Å²) in [6.45, 7) is 6.40. The van der Waals surface area contributed by atoms with Gasteiger partial charge in [0.15, 0.2) is 0 Å². The summed E-state index contributed by atoms with van der Waals surface area (Å²) < 4.78 is 5.78. The van der Waals surface area contributed by atoms with Crippen molar-refractivity contribution in [3.05, 3.63) is 28.8 Å². The van der Waals surface area contributed by atoms with Crippen LogP contribution >= 0.6 is 0 Å². The summed E-state index contributed by atoms with van der Waals surface area (Å²) in [5.41, 5.74) is 2.98. The normalized spacial score (nSPS) is 18.6. The molecule has 1 heterocycles. The molecule has 4 nitrogen and oxygen atoms in total. The average molecular weight is 291 g/mol. The average Bonchev–Trinajstić information content (AvgIpc) is 2.46. The van der Waals surface area contributed by atoms with E-state index in [1.165, 1.54) is 0 Å². The number of aliphatic hydroxyl groups excluding tert-OH is 1. The molecule has 4 heteroatoms. The van der Waals surface area contributed by atoms with Crippen molar-refractivity contribution < 1.29 is 14.6 Å². The highest BCUT2D eigenvalue weighted by molar-refractivity contribution is 5.76. The lowest BCUT2D eigenvalue weighted by atomic mass is 9.92. The van der Waals surface area contributed by atoms with E-state index in [0.29, 0.717) is 13.0 Å². The van der Waals surface area contributed by atoms with Crippen LogP contribution in [-0.4, -0.2) is 17.6 Å². The van der Waals surface area contributed by atoms with Crippen LogP contribution in [0.2, 0.25) is 0 Å². The summed E-state index contributed by atoms with van der Waals surface area (Å²) in [6.07, 6.45) is 2.48. The molecule has 1 aliphatic heterocycles. The number of carbonyl (C=O) groups is 1. The van der Waals surface area contributed by atoms with Gasteiger partial charge in [0.25, 0.3) is 0 Å². The first-order chi connectivity index (χ1) is 10.1. The Hall–Kier alpha value is -1.55. The van der Waals surface area contributed by atoms with E-state index in [2.05, 4.69) is 18.3 Å². The topological polar surface area (TPSA) is 58.6 Å². The van der Waals surface area contributed by atoms with Crippen molar-refractivity contribution in [1.29, 1.82) is 0 Å². The number of fused-ring (bicyclic) bond motifs is 1. The summed E-state index contributed by atoms with van der Waals surface area (Å²) in [4.78, 5) is 11.9. The smallest absolute Gasteiger partial charge is 0.220 e. The molecule has 0 saturated heterocycles.